The third kappa shape index (κ3) is 5.01. The first-order chi connectivity index (χ1) is 12.9. The predicted octanol–water partition coefficient (Wildman–Crippen LogP) is 5.11. The summed E-state index contributed by atoms with van der Waals surface area (Å²) < 4.78 is 16.0. The molecular weight excluding hydrogens is 368 g/mol. The Hall–Kier alpha value is -2.53. The molecule has 2 atom stereocenters. The number of benzene rings is 1. The van der Waals surface area contributed by atoms with Crippen molar-refractivity contribution in [2.24, 2.45) is 11.8 Å². The molecule has 0 N–H and O–H groups in total. The second-order valence-electron chi connectivity index (χ2n) is 6.75. The first-order valence-electron chi connectivity index (χ1n) is 8.84. The molecule has 0 bridgehead atoms. The molecule has 1 aromatic heterocycles. The molecule has 0 saturated carbocycles. The monoisotopic (exact) mass is 388 g/mol. The molecule has 6 heteroatoms. The topological polar surface area (TPSA) is 65.7 Å². The molecule has 0 saturated heterocycles. The molecule has 27 heavy (non-hydrogen) atoms. The fourth-order valence-electron chi connectivity index (χ4n) is 2.81. The fraction of sp³-hybridized carbons (Fsp3) is 0.333. The standard InChI is InChI=1S/C21H21ClO5/c1-13-3-7-15(8-4-13)20(23)25-12-18-17(11-19(22)26-18)27-21(24)16-9-5-14(2)6-10-16/h3-5,7-9,11,14,16H,6,10,12H2,1-2H3/t14-,16+/m0/s1. The van der Waals surface area contributed by atoms with Gasteiger partial charge in [0.15, 0.2) is 23.3 Å². The van der Waals surface area contributed by atoms with E-state index >= 15 is 0 Å². The average molecular weight is 389 g/mol. The van der Waals surface area contributed by atoms with Gasteiger partial charge in [0.25, 0.3) is 0 Å². The van der Waals surface area contributed by atoms with Crippen LogP contribution in [-0.2, 0) is 16.1 Å². The minimum Gasteiger partial charge on any atom is -0.454 e. The molecule has 1 aromatic carbocycles. The van der Waals surface area contributed by atoms with E-state index in [2.05, 4.69) is 6.92 Å². The average Bonchev–Trinajstić information content (AvgIpc) is 3.00. The number of hydrogen-bond acceptors (Lipinski definition) is 5. The van der Waals surface area contributed by atoms with Crippen molar-refractivity contribution in [1.29, 1.82) is 0 Å². The highest BCUT2D eigenvalue weighted by Crippen LogP contribution is 2.30. The summed E-state index contributed by atoms with van der Waals surface area (Å²) in [5.41, 5.74) is 1.47. The van der Waals surface area contributed by atoms with Crippen LogP contribution in [0.5, 0.6) is 5.75 Å². The lowest BCUT2D eigenvalue weighted by Crippen LogP contribution is -2.22. The number of hydrogen-bond donors (Lipinski definition) is 0. The highest BCUT2D eigenvalue weighted by atomic mass is 35.5. The van der Waals surface area contributed by atoms with Crippen LogP contribution in [0.1, 0.15) is 41.4 Å². The van der Waals surface area contributed by atoms with Crippen molar-refractivity contribution >= 4 is 23.5 Å². The van der Waals surface area contributed by atoms with Crippen molar-refractivity contribution in [3.8, 4) is 5.75 Å². The van der Waals surface area contributed by atoms with Crippen LogP contribution in [-0.4, -0.2) is 11.9 Å². The van der Waals surface area contributed by atoms with Gasteiger partial charge < -0.3 is 13.9 Å². The van der Waals surface area contributed by atoms with Crippen LogP contribution in [0.15, 0.2) is 46.9 Å². The van der Waals surface area contributed by atoms with Crippen molar-refractivity contribution in [3.05, 3.63) is 64.6 Å². The van der Waals surface area contributed by atoms with Gasteiger partial charge in [0.2, 0.25) is 0 Å². The van der Waals surface area contributed by atoms with Gasteiger partial charge in [0.1, 0.15) is 0 Å². The van der Waals surface area contributed by atoms with Gasteiger partial charge in [-0.25, -0.2) is 4.79 Å². The van der Waals surface area contributed by atoms with Gasteiger partial charge in [-0.15, -0.1) is 0 Å². The van der Waals surface area contributed by atoms with Crippen molar-refractivity contribution in [3.63, 3.8) is 0 Å². The zero-order chi connectivity index (χ0) is 19.4. The maximum absolute atomic E-state index is 12.4. The van der Waals surface area contributed by atoms with Crippen LogP contribution in [0.25, 0.3) is 0 Å². The van der Waals surface area contributed by atoms with Gasteiger partial charge in [0, 0.05) is 6.07 Å². The molecule has 1 heterocycles. The van der Waals surface area contributed by atoms with E-state index in [-0.39, 0.29) is 35.2 Å². The Morgan fingerprint density at radius 1 is 1.19 bits per heavy atom. The number of esters is 2. The van der Waals surface area contributed by atoms with Crippen LogP contribution in [0.2, 0.25) is 5.22 Å². The highest BCUT2D eigenvalue weighted by molar-refractivity contribution is 6.29. The normalized spacial score (nSPS) is 18.9. The summed E-state index contributed by atoms with van der Waals surface area (Å²) in [6.45, 7) is 3.86. The van der Waals surface area contributed by atoms with Gasteiger partial charge in [-0.1, -0.05) is 36.8 Å². The Morgan fingerprint density at radius 3 is 2.59 bits per heavy atom. The second-order valence-corrected chi connectivity index (χ2v) is 7.12. The Balaban J connectivity index is 1.63. The molecule has 0 aliphatic heterocycles. The summed E-state index contributed by atoms with van der Waals surface area (Å²) in [5, 5.41) is 0.0620. The molecule has 1 aliphatic carbocycles. The van der Waals surface area contributed by atoms with E-state index in [1.54, 1.807) is 12.1 Å². The second kappa shape index (κ2) is 8.44. The minimum absolute atomic E-state index is 0.0620. The minimum atomic E-state index is -0.496. The lowest BCUT2D eigenvalue weighted by molar-refractivity contribution is -0.137. The fourth-order valence-corrected chi connectivity index (χ4v) is 3.00. The summed E-state index contributed by atoms with van der Waals surface area (Å²) in [7, 11) is 0. The van der Waals surface area contributed by atoms with Gasteiger partial charge in [-0.05, 0) is 49.4 Å². The molecule has 0 unspecified atom stereocenters. The van der Waals surface area contributed by atoms with E-state index in [1.807, 2.05) is 31.2 Å². The summed E-state index contributed by atoms with van der Waals surface area (Å²) in [6, 6.07) is 8.43. The number of rotatable bonds is 5. The number of carbonyl (C=O) groups is 2. The first kappa shape index (κ1) is 19.2. The van der Waals surface area contributed by atoms with Crippen LogP contribution in [0.4, 0.5) is 0 Å². The number of aryl methyl sites for hydroxylation is 1. The largest absolute Gasteiger partial charge is 0.454 e. The molecule has 0 amide bonds. The third-order valence-electron chi connectivity index (χ3n) is 4.48. The van der Waals surface area contributed by atoms with Gasteiger partial charge in [-0.2, -0.15) is 0 Å². The molecule has 1 aliphatic rings. The van der Waals surface area contributed by atoms with Crippen LogP contribution >= 0.6 is 11.6 Å². The lowest BCUT2D eigenvalue weighted by Gasteiger charge is -2.18. The molecule has 142 valence electrons. The third-order valence-corrected chi connectivity index (χ3v) is 4.67. The number of furan rings is 1. The summed E-state index contributed by atoms with van der Waals surface area (Å²) in [5.74, 6) is -0.326. The van der Waals surface area contributed by atoms with E-state index in [1.165, 1.54) is 6.07 Å². The molecular formula is C21H21ClO5. The van der Waals surface area contributed by atoms with Crippen LogP contribution in [0, 0.1) is 18.8 Å². The van der Waals surface area contributed by atoms with Crippen LogP contribution < -0.4 is 4.74 Å². The Labute approximate surface area is 162 Å². The maximum Gasteiger partial charge on any atom is 0.338 e. The van der Waals surface area contributed by atoms with E-state index in [0.717, 1.165) is 18.4 Å². The van der Waals surface area contributed by atoms with Crippen molar-refractivity contribution < 1.29 is 23.5 Å². The van der Waals surface area contributed by atoms with Crippen molar-refractivity contribution in [2.75, 3.05) is 0 Å². The molecule has 0 radical (unpaired) electrons. The SMILES string of the molecule is Cc1ccc(C(=O)OCc2oc(Cl)cc2OC(=O)[C@@H]2C=C[C@H](C)CC2)cc1. The van der Waals surface area contributed by atoms with Crippen LogP contribution in [0.3, 0.4) is 0 Å². The molecule has 5 nitrogen and oxygen atoms in total. The quantitative estimate of drug-likeness (QED) is 0.526. The Bertz CT molecular complexity index is 850. The highest BCUT2D eigenvalue weighted by Gasteiger charge is 2.24. The number of carbonyl (C=O) groups excluding carboxylic acids is 2. The summed E-state index contributed by atoms with van der Waals surface area (Å²) in [6.07, 6.45) is 5.56. The Morgan fingerprint density at radius 2 is 1.93 bits per heavy atom. The zero-order valence-electron chi connectivity index (χ0n) is 15.2. The van der Waals surface area contributed by atoms with Gasteiger partial charge in [0.05, 0.1) is 11.5 Å². The van der Waals surface area contributed by atoms with Gasteiger partial charge in [-0.3, -0.25) is 4.79 Å². The Kier molecular flexibility index (Phi) is 6.01. The predicted molar refractivity (Wildman–Crippen MR) is 101 cm³/mol. The van der Waals surface area contributed by atoms with E-state index in [9.17, 15) is 9.59 Å². The van der Waals surface area contributed by atoms with Crippen molar-refractivity contribution in [1.82, 2.24) is 0 Å². The molecule has 3 rings (SSSR count). The zero-order valence-corrected chi connectivity index (χ0v) is 16.0. The smallest absolute Gasteiger partial charge is 0.338 e. The maximum atomic E-state index is 12.4. The molecule has 0 spiro atoms. The number of ether oxygens (including phenoxy) is 2. The number of allylic oxidation sites excluding steroid dienone is 1. The molecule has 2 aromatic rings. The molecule has 0 fully saturated rings. The number of halogens is 1. The lowest BCUT2D eigenvalue weighted by atomic mass is 9.90. The van der Waals surface area contributed by atoms with Gasteiger partial charge >= 0.3 is 11.9 Å². The van der Waals surface area contributed by atoms with E-state index in [0.29, 0.717) is 11.5 Å². The summed E-state index contributed by atoms with van der Waals surface area (Å²) in [4.78, 5) is 24.5. The van der Waals surface area contributed by atoms with Crippen molar-refractivity contribution in [2.45, 2.75) is 33.3 Å². The van der Waals surface area contributed by atoms with E-state index in [4.69, 9.17) is 25.5 Å². The summed E-state index contributed by atoms with van der Waals surface area (Å²) >= 11 is 5.89. The first-order valence-corrected chi connectivity index (χ1v) is 9.22. The van der Waals surface area contributed by atoms with E-state index < -0.39 is 5.97 Å².